The van der Waals surface area contributed by atoms with Gasteiger partial charge in [-0.1, -0.05) is 12.1 Å². The topological polar surface area (TPSA) is 52.6 Å². The fraction of sp³-hybridized carbons (Fsp3) is 0.273. The number of hydrogen-bond acceptors (Lipinski definition) is 4. The monoisotopic (exact) mass is 370 g/mol. The van der Waals surface area contributed by atoms with E-state index in [4.69, 9.17) is 0 Å². The zero-order chi connectivity index (χ0) is 13.8. The summed E-state index contributed by atoms with van der Waals surface area (Å²) in [5.74, 6) is -8.22. The van der Waals surface area contributed by atoms with Gasteiger partial charge in [-0.3, -0.25) is 0 Å². The second kappa shape index (κ2) is 6.07. The first-order valence-electron chi connectivity index (χ1n) is 4.91. The molecule has 0 saturated heterocycles. The molecule has 0 unspecified atom stereocenters. The van der Waals surface area contributed by atoms with Crippen molar-refractivity contribution in [2.75, 3.05) is 6.61 Å². The maximum Gasteiger partial charge on any atom is 0.437 e. The molecule has 0 spiro atoms. The molecule has 0 aromatic heterocycles. The third-order valence-corrected chi connectivity index (χ3v) is 2.72. The Morgan fingerprint density at radius 1 is 1.28 bits per heavy atom. The number of para-hydroxylation sites is 1. The van der Waals surface area contributed by atoms with Crippen LogP contribution in [0.1, 0.15) is 6.92 Å². The van der Waals surface area contributed by atoms with E-state index in [9.17, 15) is 18.4 Å². The van der Waals surface area contributed by atoms with Crippen LogP contribution in [-0.2, 0) is 14.3 Å². The summed E-state index contributed by atoms with van der Waals surface area (Å²) in [6.07, 6.45) is 0. The van der Waals surface area contributed by atoms with Gasteiger partial charge in [0.25, 0.3) is 0 Å². The minimum absolute atomic E-state index is 0.0351. The molecule has 0 aliphatic heterocycles. The highest BCUT2D eigenvalue weighted by atomic mass is 127. The van der Waals surface area contributed by atoms with Gasteiger partial charge < -0.3 is 9.47 Å². The second-order valence-corrected chi connectivity index (χ2v) is 4.28. The Morgan fingerprint density at radius 2 is 1.89 bits per heavy atom. The number of alkyl halides is 2. The zero-order valence-electron chi connectivity index (χ0n) is 9.28. The summed E-state index contributed by atoms with van der Waals surface area (Å²) in [7, 11) is 0. The normalized spacial score (nSPS) is 10.9. The molecular formula is C11H9F2IO4. The maximum absolute atomic E-state index is 13.3. The predicted octanol–water partition coefficient (Wildman–Crippen LogP) is 2.40. The van der Waals surface area contributed by atoms with Gasteiger partial charge in [0.15, 0.2) is 0 Å². The lowest BCUT2D eigenvalue weighted by molar-refractivity contribution is -0.184. The van der Waals surface area contributed by atoms with E-state index >= 15 is 0 Å². The van der Waals surface area contributed by atoms with Crippen molar-refractivity contribution in [3.05, 3.63) is 27.8 Å². The summed E-state index contributed by atoms with van der Waals surface area (Å²) in [4.78, 5) is 22.1. The quantitative estimate of drug-likeness (QED) is 0.354. The van der Waals surface area contributed by atoms with Gasteiger partial charge in [0.1, 0.15) is 5.75 Å². The van der Waals surface area contributed by atoms with Gasteiger partial charge in [0.2, 0.25) is 0 Å². The van der Waals surface area contributed by atoms with Crippen LogP contribution in [0.25, 0.3) is 0 Å². The molecule has 1 rings (SSSR count). The van der Waals surface area contributed by atoms with Crippen molar-refractivity contribution >= 4 is 34.5 Å². The Morgan fingerprint density at radius 3 is 2.44 bits per heavy atom. The fourth-order valence-corrected chi connectivity index (χ4v) is 1.49. The van der Waals surface area contributed by atoms with Gasteiger partial charge in [0, 0.05) is 0 Å². The molecule has 4 nitrogen and oxygen atoms in total. The van der Waals surface area contributed by atoms with E-state index in [-0.39, 0.29) is 12.4 Å². The van der Waals surface area contributed by atoms with Gasteiger partial charge in [-0.05, 0) is 41.6 Å². The molecule has 0 radical (unpaired) electrons. The Kier molecular flexibility index (Phi) is 5.00. The molecule has 98 valence electrons. The van der Waals surface area contributed by atoms with Crippen molar-refractivity contribution in [1.29, 1.82) is 0 Å². The van der Waals surface area contributed by atoms with Crippen LogP contribution in [-0.4, -0.2) is 24.5 Å². The van der Waals surface area contributed by atoms with Crippen LogP contribution in [0.15, 0.2) is 24.3 Å². The van der Waals surface area contributed by atoms with Crippen LogP contribution in [0.4, 0.5) is 8.78 Å². The molecule has 0 aliphatic rings. The molecular weight excluding hydrogens is 361 g/mol. The smallest absolute Gasteiger partial charge is 0.437 e. The Labute approximate surface area is 115 Å². The lowest BCUT2D eigenvalue weighted by Crippen LogP contribution is -2.42. The Bertz CT molecular complexity index is 462. The summed E-state index contributed by atoms with van der Waals surface area (Å²) >= 11 is 1.82. The van der Waals surface area contributed by atoms with Gasteiger partial charge in [-0.25, -0.2) is 9.59 Å². The summed E-state index contributed by atoms with van der Waals surface area (Å²) in [5.41, 5.74) is 0. The van der Waals surface area contributed by atoms with Crippen molar-refractivity contribution in [3.8, 4) is 5.75 Å². The lowest BCUT2D eigenvalue weighted by atomic mass is 10.3. The summed E-state index contributed by atoms with van der Waals surface area (Å²) < 4.78 is 35.6. The highest BCUT2D eigenvalue weighted by molar-refractivity contribution is 14.1. The van der Waals surface area contributed by atoms with Crippen LogP contribution in [0.2, 0.25) is 0 Å². The molecule has 0 aliphatic carbocycles. The van der Waals surface area contributed by atoms with Crippen molar-refractivity contribution in [2.45, 2.75) is 12.8 Å². The maximum atomic E-state index is 13.3. The summed E-state index contributed by atoms with van der Waals surface area (Å²) in [6.45, 7) is 1.12. The van der Waals surface area contributed by atoms with E-state index in [1.165, 1.54) is 19.1 Å². The number of carbonyl (C=O) groups excluding carboxylic acids is 2. The zero-order valence-corrected chi connectivity index (χ0v) is 11.4. The number of benzene rings is 1. The van der Waals surface area contributed by atoms with Crippen LogP contribution >= 0.6 is 22.6 Å². The van der Waals surface area contributed by atoms with Crippen molar-refractivity contribution in [2.24, 2.45) is 0 Å². The molecule has 0 heterocycles. The molecule has 1 aromatic carbocycles. The third-order valence-electron chi connectivity index (χ3n) is 1.83. The summed E-state index contributed by atoms with van der Waals surface area (Å²) in [6, 6.07) is 6.10. The third kappa shape index (κ3) is 3.37. The first-order valence-corrected chi connectivity index (χ1v) is 5.99. The first-order chi connectivity index (χ1) is 8.39. The van der Waals surface area contributed by atoms with E-state index in [0.717, 1.165) is 0 Å². The van der Waals surface area contributed by atoms with Crippen molar-refractivity contribution in [3.63, 3.8) is 0 Å². The minimum atomic E-state index is -4.31. The van der Waals surface area contributed by atoms with Gasteiger partial charge in [0.05, 0.1) is 10.2 Å². The molecule has 0 saturated carbocycles. The lowest BCUT2D eigenvalue weighted by Gasteiger charge is -2.13. The van der Waals surface area contributed by atoms with E-state index in [1.54, 1.807) is 12.1 Å². The number of halogens is 3. The number of esters is 2. The molecule has 1 aromatic rings. The second-order valence-electron chi connectivity index (χ2n) is 3.11. The van der Waals surface area contributed by atoms with E-state index in [0.29, 0.717) is 3.57 Å². The van der Waals surface area contributed by atoms with Crippen LogP contribution in [0, 0.1) is 3.57 Å². The number of hydrogen-bond donors (Lipinski definition) is 0. The molecule has 18 heavy (non-hydrogen) atoms. The standard InChI is InChI=1S/C11H9F2IO4/c1-2-17-9(15)11(12,13)10(16)18-8-6-4-3-5-7(8)14/h3-6H,2H2,1H3. The van der Waals surface area contributed by atoms with E-state index in [2.05, 4.69) is 9.47 Å². The molecule has 7 heteroatoms. The Hall–Kier alpha value is -1.25. The van der Waals surface area contributed by atoms with Gasteiger partial charge in [-0.15, -0.1) is 0 Å². The van der Waals surface area contributed by atoms with Crippen LogP contribution in [0.3, 0.4) is 0 Å². The first kappa shape index (κ1) is 14.8. The number of ether oxygens (including phenoxy) is 2. The van der Waals surface area contributed by atoms with Gasteiger partial charge >= 0.3 is 17.9 Å². The summed E-state index contributed by atoms with van der Waals surface area (Å²) in [5, 5.41) is 0. The van der Waals surface area contributed by atoms with Gasteiger partial charge in [-0.2, -0.15) is 8.78 Å². The predicted molar refractivity (Wildman–Crippen MR) is 66.4 cm³/mol. The van der Waals surface area contributed by atoms with E-state index < -0.39 is 17.9 Å². The largest absolute Gasteiger partial charge is 0.461 e. The van der Waals surface area contributed by atoms with Crippen molar-refractivity contribution < 1.29 is 27.8 Å². The highest BCUT2D eigenvalue weighted by Crippen LogP contribution is 2.24. The average Bonchev–Trinajstić information content (AvgIpc) is 2.32. The van der Waals surface area contributed by atoms with Crippen LogP contribution in [0.5, 0.6) is 5.75 Å². The average molecular weight is 370 g/mol. The highest BCUT2D eigenvalue weighted by Gasteiger charge is 2.51. The molecule has 0 bridgehead atoms. The Balaban J connectivity index is 2.82. The minimum Gasteiger partial charge on any atom is -0.461 e. The fourth-order valence-electron chi connectivity index (χ4n) is 0.997. The molecule has 0 fully saturated rings. The number of rotatable bonds is 4. The van der Waals surface area contributed by atoms with Crippen LogP contribution < -0.4 is 4.74 Å². The molecule has 0 amide bonds. The molecule has 0 N–H and O–H groups in total. The van der Waals surface area contributed by atoms with Crippen molar-refractivity contribution in [1.82, 2.24) is 0 Å². The SMILES string of the molecule is CCOC(=O)C(F)(F)C(=O)Oc1ccccc1I. The molecule has 0 atom stereocenters. The van der Waals surface area contributed by atoms with E-state index in [1.807, 2.05) is 22.6 Å². The number of carbonyl (C=O) groups is 2.